The van der Waals surface area contributed by atoms with E-state index in [1.165, 1.54) is 18.2 Å². The molecule has 0 aromatic heterocycles. The minimum absolute atomic E-state index is 0.0368. The number of benzene rings is 1. The van der Waals surface area contributed by atoms with Crippen molar-refractivity contribution in [2.75, 3.05) is 18.5 Å². The Morgan fingerprint density at radius 1 is 1.50 bits per heavy atom. The molecule has 18 heavy (non-hydrogen) atoms. The van der Waals surface area contributed by atoms with Crippen molar-refractivity contribution in [2.45, 2.75) is 11.8 Å². The van der Waals surface area contributed by atoms with Gasteiger partial charge in [-0.3, -0.25) is 4.79 Å². The van der Waals surface area contributed by atoms with Gasteiger partial charge in [0.2, 0.25) is 15.9 Å². The van der Waals surface area contributed by atoms with Gasteiger partial charge in [0.1, 0.15) is 6.61 Å². The molecule has 1 amide bonds. The van der Waals surface area contributed by atoms with E-state index >= 15 is 0 Å². The second-order valence-electron chi connectivity index (χ2n) is 3.38. The van der Waals surface area contributed by atoms with Crippen molar-refractivity contribution in [1.82, 2.24) is 0 Å². The van der Waals surface area contributed by atoms with E-state index in [0.717, 1.165) is 0 Å². The molecule has 0 saturated carbocycles. The van der Waals surface area contributed by atoms with Gasteiger partial charge in [0.05, 0.1) is 4.90 Å². The van der Waals surface area contributed by atoms with Gasteiger partial charge in [-0.1, -0.05) is 0 Å². The molecule has 6 nitrogen and oxygen atoms in total. The normalized spacial score (nSPS) is 11.3. The summed E-state index contributed by atoms with van der Waals surface area (Å²) in [6, 6.07) is 4.23. The van der Waals surface area contributed by atoms with Crippen LogP contribution in [0.15, 0.2) is 27.6 Å². The summed E-state index contributed by atoms with van der Waals surface area (Å²) < 4.78 is 27.6. The smallest absolute Gasteiger partial charge is 0.250 e. The zero-order valence-electron chi connectivity index (χ0n) is 9.64. The average molecular weight is 337 g/mol. The van der Waals surface area contributed by atoms with Gasteiger partial charge in [-0.15, -0.1) is 0 Å². The van der Waals surface area contributed by atoms with Crippen LogP contribution in [0.1, 0.15) is 6.92 Å². The second-order valence-corrected chi connectivity index (χ2v) is 5.76. The number of hydrogen-bond donors (Lipinski definition) is 2. The molecular formula is C10H13BrN2O4S. The summed E-state index contributed by atoms with van der Waals surface area (Å²) in [4.78, 5) is 11.3. The predicted molar refractivity (Wildman–Crippen MR) is 70.6 cm³/mol. The number of rotatable bonds is 5. The topological polar surface area (TPSA) is 98.5 Å². The van der Waals surface area contributed by atoms with E-state index in [2.05, 4.69) is 21.2 Å². The molecule has 100 valence electrons. The first-order chi connectivity index (χ1) is 8.34. The number of anilines is 1. The third-order valence-corrected chi connectivity index (χ3v) is 3.85. The maximum absolute atomic E-state index is 11.4. The molecule has 0 spiro atoms. The van der Waals surface area contributed by atoms with Crippen molar-refractivity contribution in [3.8, 4) is 0 Å². The van der Waals surface area contributed by atoms with Crippen LogP contribution in [0.5, 0.6) is 0 Å². The Morgan fingerprint density at radius 2 is 2.17 bits per heavy atom. The fraction of sp³-hybridized carbons (Fsp3) is 0.300. The fourth-order valence-electron chi connectivity index (χ4n) is 1.20. The Labute approximate surface area is 114 Å². The SMILES string of the molecule is CCOCC(=O)Nc1ccc(S(N)(=O)=O)c(Br)c1. The van der Waals surface area contributed by atoms with Crippen molar-refractivity contribution >= 4 is 37.5 Å². The Bertz CT molecular complexity index is 545. The molecule has 0 heterocycles. The van der Waals surface area contributed by atoms with Crippen LogP contribution in [0.2, 0.25) is 0 Å². The summed E-state index contributed by atoms with van der Waals surface area (Å²) in [7, 11) is -3.78. The van der Waals surface area contributed by atoms with E-state index in [-0.39, 0.29) is 17.4 Å². The van der Waals surface area contributed by atoms with Gasteiger partial charge in [-0.25, -0.2) is 13.6 Å². The molecule has 0 unspecified atom stereocenters. The number of carbonyl (C=O) groups is 1. The standard InChI is InChI=1S/C10H13BrN2O4S/c1-2-17-6-10(14)13-7-3-4-9(8(11)5-7)18(12,15)16/h3-5H,2,6H2,1H3,(H,13,14)(H2,12,15,16). The summed E-state index contributed by atoms with van der Waals surface area (Å²) in [6.07, 6.45) is 0. The van der Waals surface area contributed by atoms with Crippen LogP contribution in [0.25, 0.3) is 0 Å². The highest BCUT2D eigenvalue weighted by Crippen LogP contribution is 2.24. The monoisotopic (exact) mass is 336 g/mol. The zero-order chi connectivity index (χ0) is 13.8. The first-order valence-corrected chi connectivity index (χ1v) is 7.38. The molecule has 0 aliphatic heterocycles. The van der Waals surface area contributed by atoms with Crippen LogP contribution in [0, 0.1) is 0 Å². The molecule has 0 aliphatic rings. The number of halogens is 1. The third kappa shape index (κ3) is 4.37. The maximum atomic E-state index is 11.4. The number of hydrogen-bond acceptors (Lipinski definition) is 4. The second kappa shape index (κ2) is 6.28. The van der Waals surface area contributed by atoms with Gasteiger partial charge in [0.15, 0.2) is 0 Å². The molecule has 3 N–H and O–H groups in total. The summed E-state index contributed by atoms with van der Waals surface area (Å²) in [5.41, 5.74) is 0.457. The number of primary sulfonamides is 1. The lowest BCUT2D eigenvalue weighted by molar-refractivity contribution is -0.120. The quantitative estimate of drug-likeness (QED) is 0.840. The lowest BCUT2D eigenvalue weighted by Gasteiger charge is -2.07. The van der Waals surface area contributed by atoms with Crippen LogP contribution < -0.4 is 10.5 Å². The molecule has 0 radical (unpaired) electrons. The van der Waals surface area contributed by atoms with Crippen LogP contribution in [0.4, 0.5) is 5.69 Å². The van der Waals surface area contributed by atoms with Crippen molar-refractivity contribution < 1.29 is 17.9 Å². The van der Waals surface area contributed by atoms with Gasteiger partial charge in [0, 0.05) is 16.8 Å². The summed E-state index contributed by atoms with van der Waals surface area (Å²) in [5.74, 6) is -0.313. The van der Waals surface area contributed by atoms with E-state index in [1.54, 1.807) is 6.92 Å². The van der Waals surface area contributed by atoms with Gasteiger partial charge < -0.3 is 10.1 Å². The van der Waals surface area contributed by atoms with Crippen molar-refractivity contribution in [2.24, 2.45) is 5.14 Å². The molecule has 1 aromatic rings. The first-order valence-electron chi connectivity index (χ1n) is 5.04. The molecule has 8 heteroatoms. The Morgan fingerprint density at radius 3 is 2.67 bits per heavy atom. The first kappa shape index (κ1) is 15.1. The Kier molecular flexibility index (Phi) is 5.27. The van der Waals surface area contributed by atoms with Crippen LogP contribution in [-0.4, -0.2) is 27.5 Å². The highest BCUT2D eigenvalue weighted by Gasteiger charge is 2.13. The molecular weight excluding hydrogens is 324 g/mol. The highest BCUT2D eigenvalue weighted by molar-refractivity contribution is 9.10. The van der Waals surface area contributed by atoms with Crippen LogP contribution >= 0.6 is 15.9 Å². The van der Waals surface area contributed by atoms with Crippen molar-refractivity contribution in [3.05, 3.63) is 22.7 Å². The van der Waals surface area contributed by atoms with Crippen LogP contribution in [-0.2, 0) is 19.6 Å². The largest absolute Gasteiger partial charge is 0.372 e. The Hall–Kier alpha value is -0.960. The number of nitrogens with two attached hydrogens (primary N) is 1. The maximum Gasteiger partial charge on any atom is 0.250 e. The van der Waals surface area contributed by atoms with Crippen molar-refractivity contribution in [3.63, 3.8) is 0 Å². The van der Waals surface area contributed by atoms with Gasteiger partial charge in [-0.05, 0) is 41.1 Å². The number of sulfonamides is 1. The minimum Gasteiger partial charge on any atom is -0.372 e. The molecule has 1 rings (SSSR count). The summed E-state index contributed by atoms with van der Waals surface area (Å²) in [6.45, 7) is 2.18. The highest BCUT2D eigenvalue weighted by atomic mass is 79.9. The molecule has 1 aromatic carbocycles. The third-order valence-electron chi connectivity index (χ3n) is 1.96. The lowest BCUT2D eigenvalue weighted by Crippen LogP contribution is -2.18. The number of nitrogens with one attached hydrogen (secondary N) is 1. The zero-order valence-corrected chi connectivity index (χ0v) is 12.0. The van der Waals surface area contributed by atoms with E-state index < -0.39 is 10.0 Å². The minimum atomic E-state index is -3.78. The van der Waals surface area contributed by atoms with E-state index in [1.807, 2.05) is 0 Å². The molecule has 0 fully saturated rings. The summed E-state index contributed by atoms with van der Waals surface area (Å²) >= 11 is 3.08. The Balaban J connectivity index is 2.82. The lowest BCUT2D eigenvalue weighted by atomic mass is 10.3. The number of amides is 1. The van der Waals surface area contributed by atoms with Gasteiger partial charge in [0.25, 0.3) is 0 Å². The fourth-order valence-corrected chi connectivity index (χ4v) is 2.85. The molecule has 0 saturated heterocycles. The molecule has 0 bridgehead atoms. The van der Waals surface area contributed by atoms with Crippen LogP contribution in [0.3, 0.4) is 0 Å². The average Bonchev–Trinajstić information content (AvgIpc) is 2.24. The van der Waals surface area contributed by atoms with Gasteiger partial charge >= 0.3 is 0 Å². The number of ether oxygens (including phenoxy) is 1. The van der Waals surface area contributed by atoms with E-state index in [0.29, 0.717) is 16.8 Å². The van der Waals surface area contributed by atoms with E-state index in [9.17, 15) is 13.2 Å². The predicted octanol–water partition coefficient (Wildman–Crippen LogP) is 1.07. The summed E-state index contributed by atoms with van der Waals surface area (Å²) in [5, 5.41) is 7.58. The van der Waals surface area contributed by atoms with Crippen molar-refractivity contribution in [1.29, 1.82) is 0 Å². The molecule has 0 atom stereocenters. The molecule has 0 aliphatic carbocycles. The van der Waals surface area contributed by atoms with E-state index in [4.69, 9.17) is 9.88 Å². The number of carbonyl (C=O) groups excluding carboxylic acids is 1. The van der Waals surface area contributed by atoms with Gasteiger partial charge in [-0.2, -0.15) is 0 Å².